The van der Waals surface area contributed by atoms with E-state index in [0.717, 1.165) is 30.1 Å². The summed E-state index contributed by atoms with van der Waals surface area (Å²) in [6.07, 6.45) is 2.98. The normalized spacial score (nSPS) is 22.1. The average molecular weight is 259 g/mol. The molecule has 0 amide bonds. The Morgan fingerprint density at radius 2 is 2.43 bits per heavy atom. The Morgan fingerprint density at radius 1 is 1.64 bits per heavy atom. The summed E-state index contributed by atoms with van der Waals surface area (Å²) in [5.41, 5.74) is 0. The summed E-state index contributed by atoms with van der Waals surface area (Å²) in [7, 11) is 0. The first-order valence-corrected chi connectivity index (χ1v) is 5.80. The smallest absolute Gasteiger partial charge is 0.115 e. The summed E-state index contributed by atoms with van der Waals surface area (Å²) in [5, 5.41) is 0. The van der Waals surface area contributed by atoms with Crippen molar-refractivity contribution >= 4 is 15.9 Å². The molecule has 1 fully saturated rings. The number of nitrogens with zero attached hydrogens (tertiary/aromatic N) is 2. The van der Waals surface area contributed by atoms with E-state index >= 15 is 0 Å². The number of rotatable bonds is 2. The number of aromatic nitrogens is 2. The zero-order valence-electron chi connectivity index (χ0n) is 8.53. The van der Waals surface area contributed by atoms with Crippen molar-refractivity contribution in [3.63, 3.8) is 0 Å². The Morgan fingerprint density at radius 3 is 3.00 bits per heavy atom. The molecule has 1 aliphatic rings. The van der Waals surface area contributed by atoms with E-state index in [0.29, 0.717) is 12.0 Å². The molecule has 78 valence electrons. The van der Waals surface area contributed by atoms with Gasteiger partial charge in [0.25, 0.3) is 0 Å². The van der Waals surface area contributed by atoms with Gasteiger partial charge in [0, 0.05) is 18.6 Å². The third-order valence-electron chi connectivity index (χ3n) is 2.59. The summed E-state index contributed by atoms with van der Waals surface area (Å²) in [6.45, 7) is 6.03. The zero-order chi connectivity index (χ0) is 10.1. The maximum absolute atomic E-state index is 5.39. The van der Waals surface area contributed by atoms with Gasteiger partial charge in [0.15, 0.2) is 0 Å². The van der Waals surface area contributed by atoms with Crippen molar-refractivity contribution in [1.82, 2.24) is 9.55 Å². The van der Waals surface area contributed by atoms with E-state index in [1.165, 1.54) is 0 Å². The van der Waals surface area contributed by atoms with Crippen LogP contribution in [0.5, 0.6) is 0 Å². The fraction of sp³-hybridized carbons (Fsp3) is 0.700. The van der Waals surface area contributed by atoms with Gasteiger partial charge >= 0.3 is 0 Å². The summed E-state index contributed by atoms with van der Waals surface area (Å²) in [6, 6.07) is 0.447. The molecular weight excluding hydrogens is 244 g/mol. The largest absolute Gasteiger partial charge is 0.381 e. The second-order valence-electron chi connectivity index (χ2n) is 3.96. The quantitative estimate of drug-likeness (QED) is 0.816. The Bertz CT molecular complexity index is 316. The predicted molar refractivity (Wildman–Crippen MR) is 58.5 cm³/mol. The second kappa shape index (κ2) is 4.03. The number of imidazole rings is 1. The standard InChI is InChI=1S/C10H15BrN2O/c1-7(2)13-9(11)5-12-10(13)8-3-4-14-6-8/h5,7-8H,3-4,6H2,1-2H3. The Balaban J connectivity index is 2.32. The molecule has 14 heavy (non-hydrogen) atoms. The molecule has 3 nitrogen and oxygen atoms in total. The van der Waals surface area contributed by atoms with Gasteiger partial charge in [0.2, 0.25) is 0 Å². The molecular formula is C10H15BrN2O. The molecule has 1 saturated heterocycles. The molecule has 1 aromatic rings. The average Bonchev–Trinajstić information content (AvgIpc) is 2.70. The van der Waals surface area contributed by atoms with Crippen molar-refractivity contribution in [3.05, 3.63) is 16.6 Å². The summed E-state index contributed by atoms with van der Waals surface area (Å²) >= 11 is 3.52. The van der Waals surface area contributed by atoms with Gasteiger partial charge in [-0.15, -0.1) is 0 Å². The van der Waals surface area contributed by atoms with Crippen molar-refractivity contribution in [2.75, 3.05) is 13.2 Å². The van der Waals surface area contributed by atoms with E-state index < -0.39 is 0 Å². The highest BCUT2D eigenvalue weighted by atomic mass is 79.9. The van der Waals surface area contributed by atoms with E-state index in [-0.39, 0.29) is 0 Å². The Kier molecular flexibility index (Phi) is 2.93. The minimum Gasteiger partial charge on any atom is -0.381 e. The molecule has 1 atom stereocenters. The number of hydrogen-bond donors (Lipinski definition) is 0. The van der Waals surface area contributed by atoms with Gasteiger partial charge in [0.1, 0.15) is 10.4 Å². The molecule has 2 rings (SSSR count). The number of ether oxygens (including phenoxy) is 1. The van der Waals surface area contributed by atoms with Gasteiger partial charge < -0.3 is 9.30 Å². The molecule has 0 aliphatic carbocycles. The Hall–Kier alpha value is -0.350. The summed E-state index contributed by atoms with van der Waals surface area (Å²) in [4.78, 5) is 4.46. The molecule has 4 heteroatoms. The van der Waals surface area contributed by atoms with Crippen LogP contribution in [0.15, 0.2) is 10.8 Å². The van der Waals surface area contributed by atoms with Crippen LogP contribution in [-0.2, 0) is 4.74 Å². The predicted octanol–water partition coefficient (Wildman–Crippen LogP) is 2.73. The highest BCUT2D eigenvalue weighted by molar-refractivity contribution is 9.10. The monoisotopic (exact) mass is 258 g/mol. The zero-order valence-corrected chi connectivity index (χ0v) is 10.1. The highest BCUT2D eigenvalue weighted by Gasteiger charge is 2.24. The number of halogens is 1. The first-order chi connectivity index (χ1) is 6.70. The fourth-order valence-electron chi connectivity index (χ4n) is 1.90. The maximum atomic E-state index is 5.39. The fourth-order valence-corrected chi connectivity index (χ4v) is 2.60. The van der Waals surface area contributed by atoms with Crippen LogP contribution in [0.1, 0.15) is 38.1 Å². The minimum absolute atomic E-state index is 0.447. The molecule has 2 heterocycles. The lowest BCUT2D eigenvalue weighted by molar-refractivity contribution is 0.192. The molecule has 0 aromatic carbocycles. The van der Waals surface area contributed by atoms with Gasteiger partial charge in [-0.3, -0.25) is 0 Å². The Labute approximate surface area is 92.6 Å². The molecule has 0 bridgehead atoms. The van der Waals surface area contributed by atoms with Crippen molar-refractivity contribution in [1.29, 1.82) is 0 Å². The third kappa shape index (κ3) is 1.73. The molecule has 0 N–H and O–H groups in total. The van der Waals surface area contributed by atoms with Crippen LogP contribution in [0.4, 0.5) is 0 Å². The van der Waals surface area contributed by atoms with Crippen LogP contribution in [0.25, 0.3) is 0 Å². The first-order valence-electron chi connectivity index (χ1n) is 5.00. The van der Waals surface area contributed by atoms with Crippen molar-refractivity contribution in [2.24, 2.45) is 0 Å². The van der Waals surface area contributed by atoms with Crippen LogP contribution in [0, 0.1) is 0 Å². The van der Waals surface area contributed by atoms with Crippen LogP contribution in [0.2, 0.25) is 0 Å². The summed E-state index contributed by atoms with van der Waals surface area (Å²) < 4.78 is 8.69. The lowest BCUT2D eigenvalue weighted by Gasteiger charge is -2.16. The van der Waals surface area contributed by atoms with E-state index in [2.05, 4.69) is 39.3 Å². The van der Waals surface area contributed by atoms with Crippen LogP contribution in [-0.4, -0.2) is 22.8 Å². The van der Waals surface area contributed by atoms with Crippen molar-refractivity contribution in [2.45, 2.75) is 32.2 Å². The van der Waals surface area contributed by atoms with Gasteiger partial charge in [-0.2, -0.15) is 0 Å². The minimum atomic E-state index is 0.447. The van der Waals surface area contributed by atoms with E-state index in [9.17, 15) is 0 Å². The van der Waals surface area contributed by atoms with Crippen molar-refractivity contribution < 1.29 is 4.74 Å². The van der Waals surface area contributed by atoms with Gasteiger partial charge in [0.05, 0.1) is 12.8 Å². The van der Waals surface area contributed by atoms with Gasteiger partial charge in [-0.1, -0.05) is 0 Å². The van der Waals surface area contributed by atoms with E-state index in [1.807, 2.05) is 6.20 Å². The van der Waals surface area contributed by atoms with Crippen LogP contribution >= 0.6 is 15.9 Å². The maximum Gasteiger partial charge on any atom is 0.115 e. The lowest BCUT2D eigenvalue weighted by atomic mass is 10.1. The summed E-state index contributed by atoms with van der Waals surface area (Å²) in [5.74, 6) is 1.63. The lowest BCUT2D eigenvalue weighted by Crippen LogP contribution is -2.11. The van der Waals surface area contributed by atoms with E-state index in [1.54, 1.807) is 0 Å². The van der Waals surface area contributed by atoms with Gasteiger partial charge in [-0.05, 0) is 36.2 Å². The van der Waals surface area contributed by atoms with Crippen LogP contribution in [0.3, 0.4) is 0 Å². The molecule has 1 aromatic heterocycles. The molecule has 1 aliphatic heterocycles. The molecule has 1 unspecified atom stereocenters. The SMILES string of the molecule is CC(C)n1c(Br)cnc1C1CCOC1. The molecule has 0 spiro atoms. The van der Waals surface area contributed by atoms with Crippen molar-refractivity contribution in [3.8, 4) is 0 Å². The van der Waals surface area contributed by atoms with E-state index in [4.69, 9.17) is 4.74 Å². The second-order valence-corrected chi connectivity index (χ2v) is 4.78. The van der Waals surface area contributed by atoms with Crippen LogP contribution < -0.4 is 0 Å². The first kappa shape index (κ1) is 10.2. The third-order valence-corrected chi connectivity index (χ3v) is 3.18. The molecule has 0 radical (unpaired) electrons. The highest BCUT2D eigenvalue weighted by Crippen LogP contribution is 2.29. The topological polar surface area (TPSA) is 27.1 Å². The number of hydrogen-bond acceptors (Lipinski definition) is 2. The molecule has 0 saturated carbocycles. The van der Waals surface area contributed by atoms with Gasteiger partial charge in [-0.25, -0.2) is 4.98 Å².